The third kappa shape index (κ3) is 5.27. The van der Waals surface area contributed by atoms with Crippen molar-refractivity contribution in [1.82, 2.24) is 19.7 Å². The van der Waals surface area contributed by atoms with Gasteiger partial charge in [-0.05, 0) is 37.6 Å². The van der Waals surface area contributed by atoms with Gasteiger partial charge < -0.3 is 19.1 Å². The lowest BCUT2D eigenvalue weighted by Crippen LogP contribution is -2.20. The highest BCUT2D eigenvalue weighted by atomic mass is 32.2. The number of hydrogen-bond donors (Lipinski definition) is 1. The van der Waals surface area contributed by atoms with Crippen LogP contribution >= 0.6 is 11.8 Å². The summed E-state index contributed by atoms with van der Waals surface area (Å²) in [4.78, 5) is 2.16. The van der Waals surface area contributed by atoms with Gasteiger partial charge in [0.1, 0.15) is 5.82 Å². The maximum absolute atomic E-state index is 9.75. The van der Waals surface area contributed by atoms with Crippen LogP contribution < -0.4 is 4.74 Å². The largest absolute Gasteiger partial charge is 0.504 e. The zero-order valence-electron chi connectivity index (χ0n) is 16.5. The molecule has 1 atom stereocenters. The fourth-order valence-corrected chi connectivity index (χ4v) is 4.26. The molecule has 28 heavy (non-hydrogen) atoms. The Balaban J connectivity index is 1.64. The SMILES string of the molecule is C=CCn1c(CN(C)Cc2ccc(O)c(OC)c2)nnc1SC[C@@H]1CCCO1. The van der Waals surface area contributed by atoms with Gasteiger partial charge >= 0.3 is 0 Å². The van der Waals surface area contributed by atoms with E-state index in [1.54, 1.807) is 24.9 Å². The number of hydrogen-bond acceptors (Lipinski definition) is 7. The van der Waals surface area contributed by atoms with Crippen LogP contribution in [0.5, 0.6) is 11.5 Å². The normalized spacial score (nSPS) is 16.6. The summed E-state index contributed by atoms with van der Waals surface area (Å²) >= 11 is 1.70. The highest BCUT2D eigenvalue weighted by Crippen LogP contribution is 2.27. The molecule has 2 heterocycles. The van der Waals surface area contributed by atoms with Crippen LogP contribution in [0.25, 0.3) is 0 Å². The predicted molar refractivity (Wildman–Crippen MR) is 110 cm³/mol. The first kappa shape index (κ1) is 20.7. The number of phenols is 1. The molecule has 1 aromatic heterocycles. The van der Waals surface area contributed by atoms with E-state index in [-0.39, 0.29) is 5.75 Å². The molecule has 1 aromatic carbocycles. The minimum Gasteiger partial charge on any atom is -0.504 e. The quantitative estimate of drug-likeness (QED) is 0.482. The molecule has 0 bridgehead atoms. The molecule has 1 N–H and O–H groups in total. The summed E-state index contributed by atoms with van der Waals surface area (Å²) < 4.78 is 13.0. The summed E-state index contributed by atoms with van der Waals surface area (Å²) in [6.45, 7) is 6.77. The zero-order valence-corrected chi connectivity index (χ0v) is 17.3. The van der Waals surface area contributed by atoms with Crippen LogP contribution in [0.2, 0.25) is 0 Å². The first-order chi connectivity index (χ1) is 13.6. The summed E-state index contributed by atoms with van der Waals surface area (Å²) in [5.74, 6) is 2.43. The monoisotopic (exact) mass is 404 g/mol. The molecule has 1 fully saturated rings. The number of aromatic nitrogens is 3. The highest BCUT2D eigenvalue weighted by Gasteiger charge is 2.19. The summed E-state index contributed by atoms with van der Waals surface area (Å²) in [5.41, 5.74) is 1.06. The van der Waals surface area contributed by atoms with Crippen LogP contribution in [-0.4, -0.2) is 57.4 Å². The highest BCUT2D eigenvalue weighted by molar-refractivity contribution is 7.99. The van der Waals surface area contributed by atoms with E-state index in [4.69, 9.17) is 9.47 Å². The van der Waals surface area contributed by atoms with Crippen molar-refractivity contribution in [2.75, 3.05) is 26.5 Å². The lowest BCUT2D eigenvalue weighted by Gasteiger charge is -2.18. The fraction of sp³-hybridized carbons (Fsp3) is 0.500. The van der Waals surface area contributed by atoms with E-state index in [1.165, 1.54) is 0 Å². The van der Waals surface area contributed by atoms with Crippen molar-refractivity contribution in [2.45, 2.75) is 43.7 Å². The number of ether oxygens (including phenoxy) is 2. The number of allylic oxidation sites excluding steroid dienone is 1. The maximum Gasteiger partial charge on any atom is 0.191 e. The minimum absolute atomic E-state index is 0.146. The van der Waals surface area contributed by atoms with Crippen LogP contribution in [0.15, 0.2) is 36.0 Å². The van der Waals surface area contributed by atoms with Crippen LogP contribution in [0.3, 0.4) is 0 Å². The van der Waals surface area contributed by atoms with Gasteiger partial charge in [0.05, 0.1) is 19.8 Å². The molecule has 0 radical (unpaired) electrons. The molecular formula is C20H28N4O3S. The molecule has 0 unspecified atom stereocenters. The number of rotatable bonds is 10. The standard InChI is InChI=1S/C20H28N4O3S/c1-4-9-24-19(21-22-20(24)28-14-16-6-5-10-27-16)13-23(2)12-15-7-8-17(25)18(11-15)26-3/h4,7-8,11,16,25H,1,5-6,9-10,12-14H2,2-3H3/t16-/m0/s1. The van der Waals surface area contributed by atoms with E-state index < -0.39 is 0 Å². The van der Waals surface area contributed by atoms with Gasteiger partial charge in [-0.1, -0.05) is 23.9 Å². The Morgan fingerprint density at radius 1 is 1.43 bits per heavy atom. The molecule has 7 nitrogen and oxygen atoms in total. The van der Waals surface area contributed by atoms with Gasteiger partial charge in [-0.15, -0.1) is 16.8 Å². The van der Waals surface area contributed by atoms with Gasteiger partial charge in [0, 0.05) is 25.4 Å². The van der Waals surface area contributed by atoms with Gasteiger partial charge in [0.25, 0.3) is 0 Å². The molecule has 8 heteroatoms. The van der Waals surface area contributed by atoms with E-state index in [9.17, 15) is 5.11 Å². The smallest absolute Gasteiger partial charge is 0.191 e. The van der Waals surface area contributed by atoms with E-state index >= 15 is 0 Å². The molecule has 0 amide bonds. The second kappa shape index (κ2) is 9.95. The molecule has 1 saturated heterocycles. The van der Waals surface area contributed by atoms with E-state index in [0.717, 1.165) is 41.7 Å². The fourth-order valence-electron chi connectivity index (χ4n) is 3.23. The Hall–Kier alpha value is -2.03. The topological polar surface area (TPSA) is 72.6 Å². The molecule has 2 aromatic rings. The zero-order chi connectivity index (χ0) is 19.9. The lowest BCUT2D eigenvalue weighted by atomic mass is 10.2. The number of aromatic hydroxyl groups is 1. The summed E-state index contributed by atoms with van der Waals surface area (Å²) in [6.07, 6.45) is 4.44. The van der Waals surface area contributed by atoms with E-state index in [2.05, 4.69) is 26.2 Å². The number of phenolic OH excluding ortho intramolecular Hbond substituents is 1. The first-order valence-corrected chi connectivity index (χ1v) is 10.4. The first-order valence-electron chi connectivity index (χ1n) is 9.42. The second-order valence-electron chi connectivity index (χ2n) is 6.92. The van der Waals surface area contributed by atoms with Crippen LogP contribution in [0.4, 0.5) is 0 Å². The van der Waals surface area contributed by atoms with Crippen LogP contribution in [0, 0.1) is 0 Å². The van der Waals surface area contributed by atoms with Gasteiger partial charge in [-0.25, -0.2) is 0 Å². The maximum atomic E-state index is 9.75. The minimum atomic E-state index is 0.146. The Labute approximate surface area is 170 Å². The van der Waals surface area contributed by atoms with Crippen molar-refractivity contribution in [3.05, 3.63) is 42.2 Å². The number of nitrogens with zero attached hydrogens (tertiary/aromatic N) is 4. The van der Waals surface area contributed by atoms with Gasteiger partial charge in [-0.3, -0.25) is 4.90 Å². The van der Waals surface area contributed by atoms with Crippen molar-refractivity contribution >= 4 is 11.8 Å². The molecular weight excluding hydrogens is 376 g/mol. The van der Waals surface area contributed by atoms with Crippen molar-refractivity contribution in [3.63, 3.8) is 0 Å². The third-order valence-electron chi connectivity index (χ3n) is 4.64. The van der Waals surface area contributed by atoms with Gasteiger partial charge in [-0.2, -0.15) is 0 Å². The Bertz CT molecular complexity index is 790. The summed E-state index contributed by atoms with van der Waals surface area (Å²) in [5, 5.41) is 19.5. The number of methoxy groups -OCH3 is 1. The molecule has 0 aliphatic carbocycles. The van der Waals surface area contributed by atoms with Crippen LogP contribution in [0.1, 0.15) is 24.2 Å². The number of thioether (sulfide) groups is 1. The predicted octanol–water partition coefficient (Wildman–Crippen LogP) is 3.08. The van der Waals surface area contributed by atoms with Gasteiger partial charge in [0.15, 0.2) is 16.7 Å². The van der Waals surface area contributed by atoms with Crippen molar-refractivity contribution in [1.29, 1.82) is 0 Å². The van der Waals surface area contributed by atoms with Crippen molar-refractivity contribution in [3.8, 4) is 11.5 Å². The van der Waals surface area contributed by atoms with Crippen molar-refractivity contribution < 1.29 is 14.6 Å². The molecule has 152 valence electrons. The van der Waals surface area contributed by atoms with Crippen molar-refractivity contribution in [2.24, 2.45) is 0 Å². The lowest BCUT2D eigenvalue weighted by molar-refractivity contribution is 0.129. The summed E-state index contributed by atoms with van der Waals surface area (Å²) in [6, 6.07) is 5.40. The molecule has 1 aliphatic rings. The van der Waals surface area contributed by atoms with E-state index in [0.29, 0.717) is 31.5 Å². The Kier molecular flexibility index (Phi) is 7.36. The average molecular weight is 405 g/mol. The molecule has 1 aliphatic heterocycles. The number of benzene rings is 1. The average Bonchev–Trinajstić information content (AvgIpc) is 3.33. The molecule has 0 saturated carbocycles. The molecule has 3 rings (SSSR count). The Morgan fingerprint density at radius 3 is 3.00 bits per heavy atom. The van der Waals surface area contributed by atoms with E-state index in [1.807, 2.05) is 25.3 Å². The third-order valence-corrected chi connectivity index (χ3v) is 5.73. The van der Waals surface area contributed by atoms with Crippen LogP contribution in [-0.2, 0) is 24.4 Å². The Morgan fingerprint density at radius 2 is 2.29 bits per heavy atom. The summed E-state index contributed by atoms with van der Waals surface area (Å²) in [7, 11) is 3.58. The van der Waals surface area contributed by atoms with Gasteiger partial charge in [0.2, 0.25) is 0 Å². The molecule has 0 spiro atoms. The second-order valence-corrected chi connectivity index (χ2v) is 7.91.